The van der Waals surface area contributed by atoms with E-state index < -0.39 is 0 Å². The predicted octanol–water partition coefficient (Wildman–Crippen LogP) is 1.13. The van der Waals surface area contributed by atoms with Gasteiger partial charge in [0.15, 0.2) is 0 Å². The second-order valence-electron chi connectivity index (χ2n) is 5.38. The van der Waals surface area contributed by atoms with Gasteiger partial charge in [-0.25, -0.2) is 4.68 Å². The van der Waals surface area contributed by atoms with Crippen LogP contribution in [0, 0.1) is 6.92 Å². The molecule has 25 heavy (non-hydrogen) atoms. The van der Waals surface area contributed by atoms with E-state index in [2.05, 4.69) is 20.0 Å². The number of methoxy groups -OCH3 is 1. The maximum absolute atomic E-state index is 12.5. The number of carbonyl (C=O) groups is 1. The number of carbonyl (C=O) groups excluding carboxylic acids is 1. The molecule has 0 saturated carbocycles. The van der Waals surface area contributed by atoms with E-state index in [9.17, 15) is 9.59 Å². The van der Waals surface area contributed by atoms with Crippen molar-refractivity contribution in [1.82, 2.24) is 24.7 Å². The van der Waals surface area contributed by atoms with E-state index in [-0.39, 0.29) is 18.0 Å². The molecule has 3 rings (SSSR count). The van der Waals surface area contributed by atoms with Crippen molar-refractivity contribution in [3.05, 3.63) is 50.9 Å². The molecule has 0 atom stereocenters. The molecule has 0 radical (unpaired) electrons. The normalized spacial score (nSPS) is 11.0. The third kappa shape index (κ3) is 3.57. The molecule has 1 N–H and O–H groups in total. The molecule has 0 aliphatic rings. The maximum Gasteiger partial charge on any atom is 0.274 e. The Hall–Kier alpha value is -2.65. The fourth-order valence-corrected chi connectivity index (χ4v) is 3.02. The lowest BCUT2D eigenvalue weighted by Crippen LogP contribution is -2.29. The number of hydrogen-bond donors (Lipinski definition) is 1. The molecule has 0 aliphatic carbocycles. The number of fused-ring (bicyclic) bond motifs is 1. The minimum atomic E-state index is -0.256. The summed E-state index contributed by atoms with van der Waals surface area (Å²) in [6.07, 6.45) is 0. The lowest BCUT2D eigenvalue weighted by atomic mass is 10.1. The summed E-state index contributed by atoms with van der Waals surface area (Å²) in [5, 5.41) is 12.3. The molecule has 9 heteroatoms. The minimum Gasteiger partial charge on any atom is -0.383 e. The molecule has 1 aromatic carbocycles. The van der Waals surface area contributed by atoms with Crippen molar-refractivity contribution in [3.8, 4) is 0 Å². The molecule has 1 amide bonds. The maximum atomic E-state index is 12.5. The molecule has 0 saturated heterocycles. The molecule has 0 aliphatic heterocycles. The molecule has 130 valence electrons. The zero-order valence-corrected chi connectivity index (χ0v) is 14.7. The van der Waals surface area contributed by atoms with Crippen molar-refractivity contribution in [2.45, 2.75) is 20.0 Å². The largest absolute Gasteiger partial charge is 0.383 e. The molecule has 2 heterocycles. The van der Waals surface area contributed by atoms with Crippen LogP contribution in [-0.2, 0) is 17.8 Å². The first-order valence-electron chi connectivity index (χ1n) is 7.66. The summed E-state index contributed by atoms with van der Waals surface area (Å²) < 4.78 is 10.2. The summed E-state index contributed by atoms with van der Waals surface area (Å²) >= 11 is 1.05. The Morgan fingerprint density at radius 3 is 2.76 bits per heavy atom. The van der Waals surface area contributed by atoms with Gasteiger partial charge in [-0.05, 0) is 24.5 Å². The van der Waals surface area contributed by atoms with E-state index >= 15 is 0 Å². The minimum absolute atomic E-state index is 0.176. The van der Waals surface area contributed by atoms with E-state index in [1.165, 1.54) is 4.68 Å². The van der Waals surface area contributed by atoms with Crippen molar-refractivity contribution >= 4 is 28.2 Å². The second kappa shape index (κ2) is 7.49. The Bertz CT molecular complexity index is 966. The van der Waals surface area contributed by atoms with Gasteiger partial charge in [-0.3, -0.25) is 9.59 Å². The summed E-state index contributed by atoms with van der Waals surface area (Å²) in [5.74, 6) is -0.256. The van der Waals surface area contributed by atoms with E-state index in [0.717, 1.165) is 16.9 Å². The van der Waals surface area contributed by atoms with Gasteiger partial charge in [-0.1, -0.05) is 22.7 Å². The summed E-state index contributed by atoms with van der Waals surface area (Å²) in [6, 6.07) is 7.22. The van der Waals surface area contributed by atoms with Crippen LogP contribution in [0.4, 0.5) is 0 Å². The number of amides is 1. The van der Waals surface area contributed by atoms with Gasteiger partial charge < -0.3 is 10.1 Å². The van der Waals surface area contributed by atoms with Gasteiger partial charge in [0.1, 0.15) is 4.88 Å². The summed E-state index contributed by atoms with van der Waals surface area (Å²) in [6.45, 7) is 2.66. The highest BCUT2D eigenvalue weighted by Gasteiger charge is 2.15. The molecule has 3 aromatic rings. The quantitative estimate of drug-likeness (QED) is 0.708. The average Bonchev–Trinajstić information content (AvgIpc) is 3.06. The topological polar surface area (TPSA) is 99.0 Å². The fraction of sp³-hybridized carbons (Fsp3) is 0.312. The third-order valence-electron chi connectivity index (χ3n) is 3.73. The number of ether oxygens (including phenoxy) is 1. The van der Waals surface area contributed by atoms with Crippen LogP contribution >= 0.6 is 11.5 Å². The van der Waals surface area contributed by atoms with Gasteiger partial charge in [0.25, 0.3) is 11.5 Å². The first-order chi connectivity index (χ1) is 12.1. The van der Waals surface area contributed by atoms with Crippen LogP contribution in [0.1, 0.15) is 21.1 Å². The monoisotopic (exact) mass is 359 g/mol. The Morgan fingerprint density at radius 1 is 1.32 bits per heavy atom. The second-order valence-corrected chi connectivity index (χ2v) is 6.14. The van der Waals surface area contributed by atoms with Gasteiger partial charge >= 0.3 is 0 Å². The van der Waals surface area contributed by atoms with E-state index in [1.807, 2.05) is 12.1 Å². The van der Waals surface area contributed by atoms with Crippen molar-refractivity contribution in [1.29, 1.82) is 0 Å². The fourth-order valence-electron chi connectivity index (χ4n) is 2.45. The Labute approximate surface area is 147 Å². The Balaban J connectivity index is 1.92. The third-order valence-corrected chi connectivity index (χ3v) is 4.55. The summed E-state index contributed by atoms with van der Waals surface area (Å²) in [4.78, 5) is 25.2. The molecule has 0 bridgehead atoms. The number of rotatable bonds is 6. The molecule has 2 aromatic heterocycles. The van der Waals surface area contributed by atoms with Crippen molar-refractivity contribution in [3.63, 3.8) is 0 Å². The Morgan fingerprint density at radius 2 is 2.08 bits per heavy atom. The first kappa shape index (κ1) is 17.2. The zero-order chi connectivity index (χ0) is 17.8. The van der Waals surface area contributed by atoms with Crippen LogP contribution in [-0.4, -0.2) is 39.0 Å². The van der Waals surface area contributed by atoms with Crippen molar-refractivity contribution in [2.24, 2.45) is 0 Å². The van der Waals surface area contributed by atoms with Gasteiger partial charge in [-0.15, -0.1) is 5.10 Å². The van der Waals surface area contributed by atoms with Crippen LogP contribution in [0.3, 0.4) is 0 Å². The van der Waals surface area contributed by atoms with Gasteiger partial charge in [0.2, 0.25) is 0 Å². The lowest BCUT2D eigenvalue weighted by Gasteiger charge is -2.11. The molecular weight excluding hydrogens is 342 g/mol. The number of nitrogens with zero attached hydrogens (tertiary/aromatic N) is 4. The van der Waals surface area contributed by atoms with Gasteiger partial charge in [0, 0.05) is 12.5 Å². The number of hydrogen-bond acceptors (Lipinski definition) is 7. The van der Waals surface area contributed by atoms with Crippen molar-refractivity contribution < 1.29 is 9.53 Å². The van der Waals surface area contributed by atoms with Crippen LogP contribution in [0.25, 0.3) is 10.8 Å². The molecule has 8 nitrogen and oxygen atoms in total. The number of benzene rings is 1. The van der Waals surface area contributed by atoms with E-state index in [0.29, 0.717) is 34.8 Å². The van der Waals surface area contributed by atoms with Crippen molar-refractivity contribution in [2.75, 3.05) is 13.7 Å². The molecular formula is C16H17N5O3S. The highest BCUT2D eigenvalue weighted by atomic mass is 32.1. The van der Waals surface area contributed by atoms with Crippen LogP contribution < -0.4 is 10.9 Å². The Kier molecular flexibility index (Phi) is 5.15. The van der Waals surface area contributed by atoms with Gasteiger partial charge in [0.05, 0.1) is 36.5 Å². The zero-order valence-electron chi connectivity index (χ0n) is 13.9. The van der Waals surface area contributed by atoms with E-state index in [1.54, 1.807) is 26.2 Å². The molecule has 0 spiro atoms. The highest BCUT2D eigenvalue weighted by molar-refractivity contribution is 7.07. The van der Waals surface area contributed by atoms with Crippen LogP contribution in [0.15, 0.2) is 29.1 Å². The number of nitrogens with one attached hydrogen (secondary N) is 1. The first-order valence-corrected chi connectivity index (χ1v) is 8.44. The smallest absolute Gasteiger partial charge is 0.274 e. The predicted molar refractivity (Wildman–Crippen MR) is 93.7 cm³/mol. The number of aromatic nitrogens is 4. The lowest BCUT2D eigenvalue weighted by molar-refractivity contribution is 0.0953. The van der Waals surface area contributed by atoms with Gasteiger partial charge in [-0.2, -0.15) is 5.10 Å². The standard InChI is InChI=1S/C16H17N5O3S/c1-10-14(25-20-18-10)15(22)17-9-13-11-5-3-4-6-12(11)16(23)21(19-13)7-8-24-2/h3-6H,7-9H2,1-2H3,(H,17,22). The van der Waals surface area contributed by atoms with Crippen LogP contribution in [0.2, 0.25) is 0 Å². The molecule has 0 fully saturated rings. The number of aryl methyl sites for hydroxylation is 1. The van der Waals surface area contributed by atoms with E-state index in [4.69, 9.17) is 4.74 Å². The molecule has 0 unspecified atom stereocenters. The van der Waals surface area contributed by atoms with Crippen LogP contribution in [0.5, 0.6) is 0 Å². The summed E-state index contributed by atoms with van der Waals surface area (Å²) in [5.41, 5.74) is 1.03. The highest BCUT2D eigenvalue weighted by Crippen LogP contribution is 2.14. The average molecular weight is 359 g/mol. The summed E-state index contributed by atoms with van der Waals surface area (Å²) in [7, 11) is 1.57. The SMILES string of the molecule is COCCn1nc(CNC(=O)c2snnc2C)c2ccccc2c1=O.